The Morgan fingerprint density at radius 3 is 2.73 bits per heavy atom. The van der Waals surface area contributed by atoms with Crippen molar-refractivity contribution in [1.29, 1.82) is 0 Å². The van der Waals surface area contributed by atoms with Crippen LogP contribution in [0.15, 0.2) is 29.9 Å². The molecular formula is C10H15N3O2. The summed E-state index contributed by atoms with van der Waals surface area (Å²) in [4.78, 5) is 2.65. The normalized spacial score (nSPS) is 28.9. The van der Waals surface area contributed by atoms with Crippen LogP contribution >= 0.6 is 0 Å². The molecule has 82 valence electrons. The monoisotopic (exact) mass is 209 g/mol. The molecule has 1 aliphatic heterocycles. The molecule has 0 saturated carbocycles. The fraction of sp³-hybridized carbons (Fsp3) is 0.600. The maximum atomic E-state index is 8.09. The molecule has 0 spiro atoms. The van der Waals surface area contributed by atoms with Crippen LogP contribution in [0.2, 0.25) is 0 Å². The minimum absolute atomic E-state index is 0.151. The first kappa shape index (κ1) is 11.8. The molecule has 0 radical (unpaired) electrons. The van der Waals surface area contributed by atoms with Gasteiger partial charge in [-0.3, -0.25) is 0 Å². The molecule has 1 heterocycles. The van der Waals surface area contributed by atoms with E-state index in [4.69, 9.17) is 15.0 Å². The Bertz CT molecular complexity index is 306. The molecule has 1 aliphatic rings. The van der Waals surface area contributed by atoms with Crippen LogP contribution in [0.3, 0.4) is 0 Å². The molecule has 0 amide bonds. The van der Waals surface area contributed by atoms with Crippen molar-refractivity contribution in [3.63, 3.8) is 0 Å². The first-order chi connectivity index (χ1) is 7.09. The lowest BCUT2D eigenvalue weighted by Gasteiger charge is -2.15. The lowest BCUT2D eigenvalue weighted by molar-refractivity contribution is -0.138. The van der Waals surface area contributed by atoms with Gasteiger partial charge in [-0.05, 0) is 19.4 Å². The predicted molar refractivity (Wildman–Crippen MR) is 57.2 cm³/mol. The number of nitrogens with zero attached hydrogens (tertiary/aromatic N) is 3. The van der Waals surface area contributed by atoms with E-state index in [2.05, 4.69) is 16.6 Å². The van der Waals surface area contributed by atoms with Gasteiger partial charge in [-0.2, -0.15) is 0 Å². The Hall–Kier alpha value is -1.29. The second-order valence-corrected chi connectivity index (χ2v) is 3.64. The lowest BCUT2D eigenvalue weighted by Crippen LogP contribution is -2.20. The van der Waals surface area contributed by atoms with Crippen LogP contribution in [0.25, 0.3) is 10.4 Å². The second-order valence-electron chi connectivity index (χ2n) is 3.64. The molecule has 1 fully saturated rings. The highest BCUT2D eigenvalue weighted by Crippen LogP contribution is 2.29. The number of hydrogen-bond acceptors (Lipinski definition) is 3. The Morgan fingerprint density at radius 2 is 2.13 bits per heavy atom. The summed E-state index contributed by atoms with van der Waals surface area (Å²) in [7, 11) is 0. The van der Waals surface area contributed by atoms with Gasteiger partial charge in [0.1, 0.15) is 12.2 Å². The molecule has 0 N–H and O–H groups in total. The van der Waals surface area contributed by atoms with Crippen LogP contribution in [-0.2, 0) is 9.47 Å². The van der Waals surface area contributed by atoms with Crippen molar-refractivity contribution in [3.8, 4) is 0 Å². The van der Waals surface area contributed by atoms with Crippen molar-refractivity contribution >= 4 is 0 Å². The summed E-state index contributed by atoms with van der Waals surface area (Å²) < 4.78 is 11.2. The summed E-state index contributed by atoms with van der Waals surface area (Å²) in [5.41, 5.74) is 8.09. The average molecular weight is 209 g/mol. The van der Waals surface area contributed by atoms with Crippen LogP contribution in [0.4, 0.5) is 0 Å². The fourth-order valence-corrected chi connectivity index (χ4v) is 1.43. The smallest absolute Gasteiger partial charge is 0.164 e. The summed E-state index contributed by atoms with van der Waals surface area (Å²) >= 11 is 0. The molecule has 5 nitrogen and oxygen atoms in total. The molecule has 1 saturated heterocycles. The Morgan fingerprint density at radius 1 is 1.47 bits per heavy atom. The molecule has 0 bridgehead atoms. The van der Waals surface area contributed by atoms with Gasteiger partial charge in [0.05, 0.1) is 0 Å². The molecule has 0 aromatic carbocycles. The maximum absolute atomic E-state index is 8.09. The van der Waals surface area contributed by atoms with Gasteiger partial charge in [-0.25, -0.2) is 0 Å². The van der Waals surface area contributed by atoms with Crippen molar-refractivity contribution in [2.45, 2.75) is 31.8 Å². The van der Waals surface area contributed by atoms with Gasteiger partial charge < -0.3 is 9.47 Å². The lowest BCUT2D eigenvalue weighted by atomic mass is 10.2. The van der Waals surface area contributed by atoms with E-state index in [1.165, 1.54) is 0 Å². The molecule has 0 aliphatic carbocycles. The van der Waals surface area contributed by atoms with Crippen molar-refractivity contribution in [2.24, 2.45) is 5.11 Å². The Kier molecular flexibility index (Phi) is 3.91. The van der Waals surface area contributed by atoms with Gasteiger partial charge in [0.25, 0.3) is 0 Å². The first-order valence-electron chi connectivity index (χ1n) is 4.75. The van der Waals surface area contributed by atoms with Crippen molar-refractivity contribution in [2.75, 3.05) is 6.54 Å². The summed E-state index contributed by atoms with van der Waals surface area (Å²) in [6.07, 6.45) is 4.98. The number of azide groups is 1. The van der Waals surface area contributed by atoms with Crippen LogP contribution in [0.1, 0.15) is 13.8 Å². The molecule has 5 heteroatoms. The fourth-order valence-electron chi connectivity index (χ4n) is 1.43. The Balaban J connectivity index is 2.57. The van der Waals surface area contributed by atoms with Gasteiger partial charge >= 0.3 is 0 Å². The van der Waals surface area contributed by atoms with Crippen LogP contribution < -0.4 is 0 Å². The summed E-state index contributed by atoms with van der Waals surface area (Å²) in [5, 5.41) is 3.39. The van der Waals surface area contributed by atoms with Crippen molar-refractivity contribution in [3.05, 3.63) is 35.2 Å². The third kappa shape index (κ3) is 3.40. The number of rotatable bonds is 4. The van der Waals surface area contributed by atoms with Crippen LogP contribution in [-0.4, -0.2) is 24.5 Å². The quantitative estimate of drug-likeness (QED) is 0.309. The van der Waals surface area contributed by atoms with Crippen molar-refractivity contribution in [1.82, 2.24) is 0 Å². The molecule has 0 aromatic rings. The largest absolute Gasteiger partial charge is 0.340 e. The van der Waals surface area contributed by atoms with Crippen LogP contribution in [0, 0.1) is 0 Å². The van der Waals surface area contributed by atoms with Gasteiger partial charge in [-0.1, -0.05) is 23.3 Å². The van der Waals surface area contributed by atoms with E-state index in [0.29, 0.717) is 6.54 Å². The van der Waals surface area contributed by atoms with Crippen molar-refractivity contribution < 1.29 is 9.47 Å². The highest BCUT2D eigenvalue weighted by atomic mass is 16.7. The van der Waals surface area contributed by atoms with E-state index in [0.717, 1.165) is 0 Å². The molecule has 15 heavy (non-hydrogen) atoms. The third-order valence-electron chi connectivity index (χ3n) is 1.97. The number of ether oxygens (including phenoxy) is 2. The second kappa shape index (κ2) is 4.98. The summed E-state index contributed by atoms with van der Waals surface area (Å²) in [6.45, 7) is 7.71. The SMILES string of the molecule is C=C[C@H]1OC(C)(C)O[C@H]1/C=C/CN=[N+]=[N-]. The third-order valence-corrected chi connectivity index (χ3v) is 1.97. The summed E-state index contributed by atoms with van der Waals surface area (Å²) in [6, 6.07) is 0. The van der Waals surface area contributed by atoms with Gasteiger partial charge in [0, 0.05) is 11.5 Å². The standard InChI is InChI=1S/C10H15N3O2/c1-4-8-9(6-5-7-12-13-11)15-10(2,3)14-8/h4-6,8-9H,1,7H2,2-3H3/b6-5+/t8-,9+/m1/s1. The zero-order valence-corrected chi connectivity index (χ0v) is 8.96. The molecule has 0 aromatic heterocycles. The zero-order valence-electron chi connectivity index (χ0n) is 8.96. The van der Waals surface area contributed by atoms with Gasteiger partial charge in [0.15, 0.2) is 5.79 Å². The van der Waals surface area contributed by atoms with Gasteiger partial charge in [-0.15, -0.1) is 6.58 Å². The van der Waals surface area contributed by atoms with E-state index in [-0.39, 0.29) is 12.2 Å². The van der Waals surface area contributed by atoms with E-state index in [1.807, 2.05) is 19.9 Å². The minimum Gasteiger partial charge on any atom is -0.340 e. The highest BCUT2D eigenvalue weighted by molar-refractivity contribution is 5.04. The van der Waals surface area contributed by atoms with Crippen LogP contribution in [0.5, 0.6) is 0 Å². The Labute approximate surface area is 89.0 Å². The molecule has 1 rings (SSSR count). The predicted octanol–water partition coefficient (Wildman–Crippen LogP) is 2.56. The maximum Gasteiger partial charge on any atom is 0.164 e. The summed E-state index contributed by atoms with van der Waals surface area (Å²) in [5.74, 6) is -0.591. The molecule has 0 unspecified atom stereocenters. The average Bonchev–Trinajstić information content (AvgIpc) is 2.48. The molecular weight excluding hydrogens is 194 g/mol. The minimum atomic E-state index is -0.591. The highest BCUT2D eigenvalue weighted by Gasteiger charge is 2.37. The van der Waals surface area contributed by atoms with E-state index >= 15 is 0 Å². The van der Waals surface area contributed by atoms with E-state index in [1.54, 1.807) is 12.2 Å². The number of hydrogen-bond donors (Lipinski definition) is 0. The first-order valence-corrected chi connectivity index (χ1v) is 4.75. The topological polar surface area (TPSA) is 67.2 Å². The molecule has 2 atom stereocenters. The van der Waals surface area contributed by atoms with E-state index < -0.39 is 5.79 Å². The van der Waals surface area contributed by atoms with Gasteiger partial charge in [0.2, 0.25) is 0 Å². The zero-order chi connectivity index (χ0) is 11.3. The van der Waals surface area contributed by atoms with E-state index in [9.17, 15) is 0 Å².